The lowest BCUT2D eigenvalue weighted by molar-refractivity contribution is -0.383. The number of anilines is 1. The van der Waals surface area contributed by atoms with Crippen molar-refractivity contribution in [2.24, 2.45) is 0 Å². The first-order valence-electron chi connectivity index (χ1n) is 3.94. The van der Waals surface area contributed by atoms with Gasteiger partial charge in [-0.2, -0.15) is 0 Å². The molecule has 0 aliphatic carbocycles. The summed E-state index contributed by atoms with van der Waals surface area (Å²) in [5, 5.41) is 22.0. The standard InChI is InChI=1S/C8H9ClN2O3/c9-6-2-1-3-7(10-4-5-12)8(6)11(13)14/h1-3,10,12H,4-5H2. The first kappa shape index (κ1) is 10.7. The Bertz CT molecular complexity index is 343. The third-order valence-electron chi connectivity index (χ3n) is 1.60. The van der Waals surface area contributed by atoms with Gasteiger partial charge in [-0.3, -0.25) is 10.1 Å². The summed E-state index contributed by atoms with van der Waals surface area (Å²) >= 11 is 5.66. The maximum Gasteiger partial charge on any atom is 0.310 e. The second-order valence-electron chi connectivity index (χ2n) is 2.54. The first-order valence-corrected chi connectivity index (χ1v) is 4.32. The van der Waals surface area contributed by atoms with Gasteiger partial charge in [-0.15, -0.1) is 0 Å². The fourth-order valence-corrected chi connectivity index (χ4v) is 1.28. The van der Waals surface area contributed by atoms with Crippen LogP contribution in [0.1, 0.15) is 0 Å². The predicted octanol–water partition coefficient (Wildman–Crippen LogP) is 1.65. The molecule has 0 heterocycles. The minimum absolute atomic E-state index is 0.0814. The minimum atomic E-state index is -0.554. The molecule has 0 unspecified atom stereocenters. The lowest BCUT2D eigenvalue weighted by atomic mass is 10.2. The van der Waals surface area contributed by atoms with Gasteiger partial charge >= 0.3 is 5.69 Å². The SMILES string of the molecule is O=[N+]([O-])c1c(Cl)cccc1NCCO. The predicted molar refractivity (Wildman–Crippen MR) is 53.7 cm³/mol. The molecule has 76 valence electrons. The Morgan fingerprint density at radius 2 is 2.29 bits per heavy atom. The minimum Gasteiger partial charge on any atom is -0.395 e. The van der Waals surface area contributed by atoms with Crippen LogP contribution in [0.5, 0.6) is 0 Å². The monoisotopic (exact) mass is 216 g/mol. The number of nitrogens with one attached hydrogen (secondary N) is 1. The quantitative estimate of drug-likeness (QED) is 0.593. The van der Waals surface area contributed by atoms with Crippen molar-refractivity contribution in [2.75, 3.05) is 18.5 Å². The fraction of sp³-hybridized carbons (Fsp3) is 0.250. The molecule has 0 fully saturated rings. The molecule has 6 heteroatoms. The number of aliphatic hydroxyl groups excluding tert-OH is 1. The fourth-order valence-electron chi connectivity index (χ4n) is 1.03. The number of hydrogen-bond donors (Lipinski definition) is 2. The Labute approximate surface area is 85.5 Å². The van der Waals surface area contributed by atoms with Gasteiger partial charge in [-0.25, -0.2) is 0 Å². The number of nitro benzene ring substituents is 1. The average Bonchev–Trinajstić information content (AvgIpc) is 2.14. The molecule has 0 spiro atoms. The molecule has 1 rings (SSSR count). The van der Waals surface area contributed by atoms with Gasteiger partial charge in [-0.1, -0.05) is 17.7 Å². The van der Waals surface area contributed by atoms with Crippen molar-refractivity contribution in [2.45, 2.75) is 0 Å². The Balaban J connectivity index is 3.02. The van der Waals surface area contributed by atoms with Crippen LogP contribution in [0, 0.1) is 10.1 Å². The highest BCUT2D eigenvalue weighted by molar-refractivity contribution is 6.33. The van der Waals surface area contributed by atoms with E-state index in [1.54, 1.807) is 12.1 Å². The highest BCUT2D eigenvalue weighted by Gasteiger charge is 2.17. The molecule has 0 amide bonds. The number of rotatable bonds is 4. The van der Waals surface area contributed by atoms with Gasteiger partial charge in [0.1, 0.15) is 10.7 Å². The Morgan fingerprint density at radius 3 is 2.86 bits per heavy atom. The van der Waals surface area contributed by atoms with E-state index < -0.39 is 4.92 Å². The summed E-state index contributed by atoms with van der Waals surface area (Å²) < 4.78 is 0. The molecular weight excluding hydrogens is 208 g/mol. The summed E-state index contributed by atoms with van der Waals surface area (Å²) in [6.07, 6.45) is 0. The number of hydrogen-bond acceptors (Lipinski definition) is 4. The Hall–Kier alpha value is -1.33. The molecule has 0 radical (unpaired) electrons. The lowest BCUT2D eigenvalue weighted by Gasteiger charge is -2.05. The molecule has 2 N–H and O–H groups in total. The van der Waals surface area contributed by atoms with Crippen LogP contribution < -0.4 is 5.32 Å². The second kappa shape index (κ2) is 4.78. The van der Waals surface area contributed by atoms with Gasteiger partial charge in [0, 0.05) is 6.54 Å². The summed E-state index contributed by atoms with van der Waals surface area (Å²) in [4.78, 5) is 10.1. The Kier molecular flexibility index (Phi) is 3.67. The average molecular weight is 217 g/mol. The highest BCUT2D eigenvalue weighted by Crippen LogP contribution is 2.31. The van der Waals surface area contributed by atoms with Gasteiger partial charge in [-0.05, 0) is 12.1 Å². The third-order valence-corrected chi connectivity index (χ3v) is 1.90. The van der Waals surface area contributed by atoms with Crippen LogP contribution in [0.2, 0.25) is 5.02 Å². The number of nitrogens with zero attached hydrogens (tertiary/aromatic N) is 1. The summed E-state index contributed by atoms with van der Waals surface area (Å²) in [6, 6.07) is 4.60. The molecule has 5 nitrogen and oxygen atoms in total. The summed E-state index contributed by atoms with van der Waals surface area (Å²) in [5.41, 5.74) is 0.152. The van der Waals surface area contributed by atoms with Crippen molar-refractivity contribution in [3.05, 3.63) is 33.3 Å². The summed E-state index contributed by atoms with van der Waals surface area (Å²) in [5.74, 6) is 0. The number of aliphatic hydroxyl groups is 1. The van der Waals surface area contributed by atoms with Crippen molar-refractivity contribution in [3.63, 3.8) is 0 Å². The number of halogens is 1. The molecule has 14 heavy (non-hydrogen) atoms. The van der Waals surface area contributed by atoms with Crippen molar-refractivity contribution < 1.29 is 10.0 Å². The smallest absolute Gasteiger partial charge is 0.310 e. The normalized spacial score (nSPS) is 9.86. The van der Waals surface area contributed by atoms with E-state index in [4.69, 9.17) is 16.7 Å². The molecule has 0 bridgehead atoms. The molecule has 0 saturated carbocycles. The van der Waals surface area contributed by atoms with Crippen LogP contribution in [0.4, 0.5) is 11.4 Å². The van der Waals surface area contributed by atoms with Crippen molar-refractivity contribution in [1.82, 2.24) is 0 Å². The highest BCUT2D eigenvalue weighted by atomic mass is 35.5. The number of nitro groups is 1. The number of para-hydroxylation sites is 1. The van der Waals surface area contributed by atoms with Crippen LogP contribution in [-0.2, 0) is 0 Å². The van der Waals surface area contributed by atoms with E-state index in [2.05, 4.69) is 5.32 Å². The molecule has 0 atom stereocenters. The van der Waals surface area contributed by atoms with Crippen LogP contribution in [-0.4, -0.2) is 23.2 Å². The zero-order valence-electron chi connectivity index (χ0n) is 7.24. The van der Waals surface area contributed by atoms with E-state index >= 15 is 0 Å². The second-order valence-corrected chi connectivity index (χ2v) is 2.95. The van der Waals surface area contributed by atoms with E-state index in [9.17, 15) is 10.1 Å². The van der Waals surface area contributed by atoms with Gasteiger partial charge in [0.05, 0.1) is 11.5 Å². The maximum atomic E-state index is 10.6. The maximum absolute atomic E-state index is 10.6. The molecule has 0 aliphatic rings. The molecule has 0 saturated heterocycles. The molecule has 1 aromatic rings. The largest absolute Gasteiger partial charge is 0.395 e. The molecular formula is C8H9ClN2O3. The van der Waals surface area contributed by atoms with Crippen molar-refractivity contribution >= 4 is 23.0 Å². The van der Waals surface area contributed by atoms with E-state index in [-0.39, 0.29) is 23.9 Å². The van der Waals surface area contributed by atoms with Crippen LogP contribution in [0.15, 0.2) is 18.2 Å². The summed E-state index contributed by atoms with van der Waals surface area (Å²) in [6.45, 7) is 0.158. The Morgan fingerprint density at radius 1 is 1.57 bits per heavy atom. The lowest BCUT2D eigenvalue weighted by Crippen LogP contribution is -2.07. The van der Waals surface area contributed by atoms with Crippen molar-refractivity contribution in [3.8, 4) is 0 Å². The van der Waals surface area contributed by atoms with Gasteiger partial charge in [0.2, 0.25) is 0 Å². The van der Waals surface area contributed by atoms with E-state index in [0.717, 1.165) is 0 Å². The molecule has 0 aromatic heterocycles. The van der Waals surface area contributed by atoms with Crippen LogP contribution in [0.3, 0.4) is 0 Å². The summed E-state index contributed by atoms with van der Waals surface area (Å²) in [7, 11) is 0. The topological polar surface area (TPSA) is 75.4 Å². The van der Waals surface area contributed by atoms with Crippen molar-refractivity contribution in [1.29, 1.82) is 0 Å². The van der Waals surface area contributed by atoms with Crippen LogP contribution in [0.25, 0.3) is 0 Å². The zero-order chi connectivity index (χ0) is 10.6. The van der Waals surface area contributed by atoms with Crippen LogP contribution >= 0.6 is 11.6 Å². The van der Waals surface area contributed by atoms with E-state index in [1.165, 1.54) is 6.07 Å². The molecule has 1 aromatic carbocycles. The van der Waals surface area contributed by atoms with E-state index in [1.807, 2.05) is 0 Å². The third kappa shape index (κ3) is 2.34. The first-order chi connectivity index (χ1) is 6.66. The van der Waals surface area contributed by atoms with E-state index in [0.29, 0.717) is 5.69 Å². The molecule has 0 aliphatic heterocycles. The number of benzene rings is 1. The van der Waals surface area contributed by atoms with Gasteiger partial charge in [0.25, 0.3) is 0 Å². The zero-order valence-corrected chi connectivity index (χ0v) is 7.99. The van der Waals surface area contributed by atoms with Gasteiger partial charge in [0.15, 0.2) is 0 Å². The van der Waals surface area contributed by atoms with Gasteiger partial charge < -0.3 is 10.4 Å².